The van der Waals surface area contributed by atoms with Crippen molar-refractivity contribution in [3.63, 3.8) is 0 Å². The Morgan fingerprint density at radius 1 is 1.19 bits per heavy atom. The molecule has 9 heteroatoms. The highest BCUT2D eigenvalue weighted by atomic mass is 19.1. The molecule has 4 rings (SSSR count). The van der Waals surface area contributed by atoms with Gasteiger partial charge in [0.25, 0.3) is 11.7 Å². The van der Waals surface area contributed by atoms with Crippen molar-refractivity contribution >= 4 is 17.4 Å². The van der Waals surface area contributed by atoms with Crippen LogP contribution in [0.4, 0.5) is 4.39 Å². The second kappa shape index (κ2) is 9.13. The number of ketones is 1. The molecule has 32 heavy (non-hydrogen) atoms. The number of likely N-dealkylation sites (tertiary alicyclic amines) is 1. The van der Waals surface area contributed by atoms with Crippen LogP contribution in [-0.4, -0.2) is 76.0 Å². The lowest BCUT2D eigenvalue weighted by Crippen LogP contribution is -2.42. The number of hydrogen-bond acceptors (Lipinski definition) is 7. The summed E-state index contributed by atoms with van der Waals surface area (Å²) in [5, 5.41) is 11.1. The second-order valence-electron chi connectivity index (χ2n) is 7.88. The fraction of sp³-hybridized carbons (Fsp3) is 0.391. The van der Waals surface area contributed by atoms with Gasteiger partial charge in [-0.1, -0.05) is 18.2 Å². The number of hydrogen-bond donors (Lipinski definition) is 1. The Labute approximate surface area is 185 Å². The number of rotatable bonds is 5. The van der Waals surface area contributed by atoms with E-state index in [1.165, 1.54) is 29.3 Å². The maximum atomic E-state index is 14.8. The number of halogens is 1. The van der Waals surface area contributed by atoms with Crippen LogP contribution in [0.5, 0.6) is 0 Å². The van der Waals surface area contributed by atoms with Crippen LogP contribution < -0.4 is 0 Å². The summed E-state index contributed by atoms with van der Waals surface area (Å²) in [5.74, 6) is -2.06. The molecule has 2 fully saturated rings. The number of benzene rings is 1. The molecule has 1 atom stereocenters. The minimum Gasteiger partial charge on any atom is -0.507 e. The first kappa shape index (κ1) is 22.0. The van der Waals surface area contributed by atoms with Gasteiger partial charge in [0.05, 0.1) is 36.1 Å². The van der Waals surface area contributed by atoms with Crippen molar-refractivity contribution in [1.29, 1.82) is 0 Å². The Morgan fingerprint density at radius 2 is 1.91 bits per heavy atom. The Morgan fingerprint density at radius 3 is 2.59 bits per heavy atom. The highest BCUT2D eigenvalue weighted by Gasteiger charge is 2.47. The molecular weight excluding hydrogens is 415 g/mol. The topological polar surface area (TPSA) is 95.9 Å². The predicted molar refractivity (Wildman–Crippen MR) is 114 cm³/mol. The van der Waals surface area contributed by atoms with E-state index in [0.29, 0.717) is 44.4 Å². The summed E-state index contributed by atoms with van der Waals surface area (Å²) >= 11 is 0. The van der Waals surface area contributed by atoms with Crippen molar-refractivity contribution in [2.24, 2.45) is 0 Å². The largest absolute Gasteiger partial charge is 0.507 e. The molecule has 2 aliphatic rings. The van der Waals surface area contributed by atoms with Crippen LogP contribution in [0, 0.1) is 19.7 Å². The van der Waals surface area contributed by atoms with Crippen LogP contribution in [0.1, 0.15) is 28.7 Å². The minimum atomic E-state index is -1.04. The van der Waals surface area contributed by atoms with Gasteiger partial charge in [0.15, 0.2) is 0 Å². The first-order valence-electron chi connectivity index (χ1n) is 10.5. The molecule has 0 bridgehead atoms. The molecule has 1 aromatic heterocycles. The van der Waals surface area contributed by atoms with Gasteiger partial charge in [-0.05, 0) is 19.9 Å². The minimum absolute atomic E-state index is 0.154. The molecule has 0 unspecified atom stereocenters. The summed E-state index contributed by atoms with van der Waals surface area (Å²) in [6.07, 6.45) is 1.41. The number of aromatic nitrogens is 2. The fourth-order valence-electron chi connectivity index (χ4n) is 4.17. The Bertz CT molecular complexity index is 1080. The van der Waals surface area contributed by atoms with E-state index in [0.717, 1.165) is 0 Å². The van der Waals surface area contributed by atoms with Crippen molar-refractivity contribution in [2.45, 2.75) is 19.9 Å². The molecule has 168 valence electrons. The van der Waals surface area contributed by atoms with Crippen molar-refractivity contribution in [2.75, 3.05) is 39.4 Å². The summed E-state index contributed by atoms with van der Waals surface area (Å²) in [6.45, 7) is 6.74. The fourth-order valence-corrected chi connectivity index (χ4v) is 4.17. The van der Waals surface area contributed by atoms with Gasteiger partial charge < -0.3 is 14.7 Å². The van der Waals surface area contributed by atoms with E-state index in [9.17, 15) is 19.1 Å². The Hall–Kier alpha value is -3.17. The van der Waals surface area contributed by atoms with Crippen LogP contribution in [0.2, 0.25) is 0 Å². The number of ether oxygens (including phenoxy) is 1. The summed E-state index contributed by atoms with van der Waals surface area (Å²) in [6, 6.07) is 4.94. The number of Topliss-reactive ketones (excluding diaryl/α,β-unsaturated/α-hetero) is 1. The summed E-state index contributed by atoms with van der Waals surface area (Å²) in [5.41, 5.74) is 0.698. The lowest BCUT2D eigenvalue weighted by Gasteiger charge is -2.31. The van der Waals surface area contributed by atoms with E-state index in [1.807, 2.05) is 0 Å². The third-order valence-corrected chi connectivity index (χ3v) is 5.86. The summed E-state index contributed by atoms with van der Waals surface area (Å²) in [4.78, 5) is 37.8. The molecule has 1 amide bonds. The number of amides is 1. The van der Waals surface area contributed by atoms with Crippen LogP contribution in [0.3, 0.4) is 0 Å². The molecule has 3 heterocycles. The number of nitrogens with zero attached hydrogens (tertiary/aromatic N) is 4. The van der Waals surface area contributed by atoms with Gasteiger partial charge in [0.2, 0.25) is 0 Å². The normalized spacial score (nSPS) is 21.3. The number of aliphatic hydroxyl groups is 1. The monoisotopic (exact) mass is 440 g/mol. The van der Waals surface area contributed by atoms with Crippen molar-refractivity contribution in [3.8, 4) is 0 Å². The molecule has 2 saturated heterocycles. The quantitative estimate of drug-likeness (QED) is 0.432. The SMILES string of the molecule is Cc1ncc(/C(O)=C2\C(=O)C(=O)N(CCN3CCOCC3)[C@@H]2c2ccccc2F)c(C)n1. The average Bonchev–Trinajstić information content (AvgIpc) is 3.03. The van der Waals surface area contributed by atoms with Crippen LogP contribution in [0.15, 0.2) is 36.0 Å². The van der Waals surface area contributed by atoms with E-state index in [2.05, 4.69) is 14.9 Å². The zero-order valence-corrected chi connectivity index (χ0v) is 18.0. The van der Waals surface area contributed by atoms with Crippen LogP contribution in [-0.2, 0) is 14.3 Å². The highest BCUT2D eigenvalue weighted by Crippen LogP contribution is 2.40. The van der Waals surface area contributed by atoms with Gasteiger partial charge in [0, 0.05) is 37.9 Å². The second-order valence-corrected chi connectivity index (χ2v) is 7.88. The Kier molecular flexibility index (Phi) is 6.29. The van der Waals surface area contributed by atoms with Crippen molar-refractivity contribution < 1.29 is 23.8 Å². The van der Waals surface area contributed by atoms with Gasteiger partial charge in [-0.3, -0.25) is 14.5 Å². The number of aryl methyl sites for hydroxylation is 2. The molecular formula is C23H25FN4O4. The molecule has 0 radical (unpaired) electrons. The molecule has 0 saturated carbocycles. The van der Waals surface area contributed by atoms with Crippen LogP contribution >= 0.6 is 0 Å². The van der Waals surface area contributed by atoms with Crippen molar-refractivity contribution in [3.05, 3.63) is 64.5 Å². The smallest absolute Gasteiger partial charge is 0.295 e. The average molecular weight is 440 g/mol. The number of morpholine rings is 1. The molecule has 1 N–H and O–H groups in total. The zero-order valence-electron chi connectivity index (χ0n) is 18.0. The zero-order chi connectivity index (χ0) is 22.8. The first-order valence-corrected chi connectivity index (χ1v) is 10.5. The van der Waals surface area contributed by atoms with E-state index < -0.39 is 29.3 Å². The first-order chi connectivity index (χ1) is 15.4. The predicted octanol–water partition coefficient (Wildman–Crippen LogP) is 1.99. The maximum Gasteiger partial charge on any atom is 0.295 e. The van der Waals surface area contributed by atoms with E-state index in [1.54, 1.807) is 19.9 Å². The lowest BCUT2D eigenvalue weighted by atomic mass is 9.95. The highest BCUT2D eigenvalue weighted by molar-refractivity contribution is 6.46. The van der Waals surface area contributed by atoms with Gasteiger partial charge in [0.1, 0.15) is 17.4 Å². The molecule has 0 spiro atoms. The standard InChI is InChI=1S/C23H25FN4O4/c1-14-17(13-25-15(2)26-14)21(29)19-20(16-5-3-4-6-18(16)24)28(23(31)22(19)30)8-7-27-9-11-32-12-10-27/h3-6,13,20,29H,7-12H2,1-2H3/b21-19+/t20-/m1/s1. The van der Waals surface area contributed by atoms with Gasteiger partial charge in [-0.25, -0.2) is 14.4 Å². The third-order valence-electron chi connectivity index (χ3n) is 5.86. The van der Waals surface area contributed by atoms with E-state index in [-0.39, 0.29) is 23.2 Å². The molecule has 0 aliphatic carbocycles. The molecule has 8 nitrogen and oxygen atoms in total. The van der Waals surface area contributed by atoms with Crippen LogP contribution in [0.25, 0.3) is 5.76 Å². The molecule has 1 aromatic carbocycles. The van der Waals surface area contributed by atoms with Gasteiger partial charge in [-0.2, -0.15) is 0 Å². The number of carbonyl (C=O) groups is 2. The van der Waals surface area contributed by atoms with E-state index in [4.69, 9.17) is 4.74 Å². The van der Waals surface area contributed by atoms with Gasteiger partial charge in [-0.15, -0.1) is 0 Å². The van der Waals surface area contributed by atoms with Crippen molar-refractivity contribution in [1.82, 2.24) is 19.8 Å². The number of carbonyl (C=O) groups excluding carboxylic acids is 2. The molecule has 2 aliphatic heterocycles. The number of aliphatic hydroxyl groups excluding tert-OH is 1. The maximum absolute atomic E-state index is 14.8. The van der Waals surface area contributed by atoms with Gasteiger partial charge >= 0.3 is 0 Å². The third kappa shape index (κ3) is 4.13. The van der Waals surface area contributed by atoms with E-state index >= 15 is 0 Å². The summed E-state index contributed by atoms with van der Waals surface area (Å²) < 4.78 is 20.2. The lowest BCUT2D eigenvalue weighted by molar-refractivity contribution is -0.140. The summed E-state index contributed by atoms with van der Waals surface area (Å²) in [7, 11) is 0. The Balaban J connectivity index is 1.78. The molecule has 2 aromatic rings.